The molecule has 1 atom stereocenters. The Morgan fingerprint density at radius 2 is 1.88 bits per heavy atom. The Balaban J connectivity index is 1.09. The van der Waals surface area contributed by atoms with Gasteiger partial charge in [-0.3, -0.25) is 14.2 Å². The van der Waals surface area contributed by atoms with Gasteiger partial charge in [-0.05, 0) is 56.6 Å². The minimum Gasteiger partial charge on any atom is -0.473 e. The lowest BCUT2D eigenvalue weighted by molar-refractivity contribution is -0.0299. The number of pyridine rings is 1. The summed E-state index contributed by atoms with van der Waals surface area (Å²) in [5.41, 5.74) is 0.210. The lowest BCUT2D eigenvalue weighted by atomic mass is 9.91. The predicted molar refractivity (Wildman–Crippen MR) is 149 cm³/mol. The van der Waals surface area contributed by atoms with Gasteiger partial charge in [-0.2, -0.15) is 5.10 Å². The van der Waals surface area contributed by atoms with Crippen molar-refractivity contribution >= 4 is 28.5 Å². The Kier molecular flexibility index (Phi) is 7.03. The second-order valence-corrected chi connectivity index (χ2v) is 11.1. The number of amides is 1. The van der Waals surface area contributed by atoms with Crippen molar-refractivity contribution in [3.05, 3.63) is 76.1 Å². The van der Waals surface area contributed by atoms with E-state index in [1.54, 1.807) is 52.2 Å². The molecule has 4 aromatic rings. The SMILES string of the molecule is CN1CCC(Oc2ccc(C(=O)N3CCC(O)(Cn4cnc5c(cnn5-c5ccc(Cl)cc5)c4=O)CC3)cn2)C1. The molecular weight excluding hydrogens is 534 g/mol. The molecule has 1 amide bonds. The van der Waals surface area contributed by atoms with E-state index in [1.165, 1.54) is 17.1 Å². The number of piperidine rings is 1. The molecule has 5 heterocycles. The molecule has 2 aliphatic rings. The van der Waals surface area contributed by atoms with E-state index in [0.717, 1.165) is 25.2 Å². The van der Waals surface area contributed by atoms with Crippen LogP contribution in [0.3, 0.4) is 0 Å². The highest BCUT2D eigenvalue weighted by atomic mass is 35.5. The van der Waals surface area contributed by atoms with Gasteiger partial charge in [0.15, 0.2) is 5.65 Å². The first-order valence-electron chi connectivity index (χ1n) is 13.3. The van der Waals surface area contributed by atoms with Crippen LogP contribution in [0, 0.1) is 0 Å². The van der Waals surface area contributed by atoms with Crippen molar-refractivity contribution in [3.8, 4) is 11.6 Å². The van der Waals surface area contributed by atoms with Crippen LogP contribution in [0.2, 0.25) is 5.02 Å². The van der Waals surface area contributed by atoms with Crippen molar-refractivity contribution in [1.29, 1.82) is 0 Å². The summed E-state index contributed by atoms with van der Waals surface area (Å²) in [4.78, 5) is 39.0. The maximum Gasteiger partial charge on any atom is 0.264 e. The third-order valence-corrected chi connectivity index (χ3v) is 7.94. The number of hydrogen-bond acceptors (Lipinski definition) is 8. The van der Waals surface area contributed by atoms with E-state index >= 15 is 0 Å². The van der Waals surface area contributed by atoms with Crippen molar-refractivity contribution in [3.63, 3.8) is 0 Å². The highest BCUT2D eigenvalue weighted by Crippen LogP contribution is 2.26. The van der Waals surface area contributed by atoms with Crippen LogP contribution >= 0.6 is 11.6 Å². The number of aromatic nitrogens is 5. The molecule has 2 fully saturated rings. The third kappa shape index (κ3) is 5.32. The van der Waals surface area contributed by atoms with Crippen molar-refractivity contribution in [1.82, 2.24) is 34.1 Å². The molecule has 0 spiro atoms. The van der Waals surface area contributed by atoms with Crippen LogP contribution in [-0.2, 0) is 6.54 Å². The number of likely N-dealkylation sites (tertiary alicyclic amines) is 2. The Bertz CT molecular complexity index is 1580. The molecule has 1 N–H and O–H groups in total. The van der Waals surface area contributed by atoms with Crippen LogP contribution < -0.4 is 10.3 Å². The van der Waals surface area contributed by atoms with E-state index in [-0.39, 0.29) is 24.1 Å². The molecule has 3 aromatic heterocycles. The van der Waals surface area contributed by atoms with Gasteiger partial charge in [-0.1, -0.05) is 11.6 Å². The summed E-state index contributed by atoms with van der Waals surface area (Å²) >= 11 is 5.98. The number of aliphatic hydroxyl groups is 1. The molecule has 40 heavy (non-hydrogen) atoms. The summed E-state index contributed by atoms with van der Waals surface area (Å²) < 4.78 is 8.92. The average Bonchev–Trinajstić information content (AvgIpc) is 3.57. The van der Waals surface area contributed by atoms with E-state index in [0.29, 0.717) is 53.4 Å². The van der Waals surface area contributed by atoms with E-state index in [1.807, 2.05) is 0 Å². The molecule has 0 radical (unpaired) electrons. The topological polar surface area (TPSA) is 119 Å². The Morgan fingerprint density at radius 1 is 1.10 bits per heavy atom. The van der Waals surface area contributed by atoms with Crippen molar-refractivity contribution < 1.29 is 14.6 Å². The minimum atomic E-state index is -1.15. The van der Waals surface area contributed by atoms with Crippen LogP contribution in [0.25, 0.3) is 16.7 Å². The predicted octanol–water partition coefficient (Wildman–Crippen LogP) is 2.38. The first kappa shape index (κ1) is 26.4. The number of benzene rings is 1. The second-order valence-electron chi connectivity index (χ2n) is 10.6. The standard InChI is InChI=1S/C28H30ClN7O4/c1-33-11-8-22(16-33)40-24-7-2-19(14-30-24)26(37)34-12-9-28(39,10-13-34)17-35-18-31-25-23(27(35)38)15-32-36(25)21-5-3-20(29)4-6-21/h2-7,14-15,18,22,39H,8-13,16-17H2,1H3. The molecule has 11 nitrogen and oxygen atoms in total. The van der Waals surface area contributed by atoms with Gasteiger partial charge in [-0.25, -0.2) is 14.6 Å². The zero-order valence-electron chi connectivity index (χ0n) is 22.1. The van der Waals surface area contributed by atoms with Crippen molar-refractivity contribution in [2.24, 2.45) is 0 Å². The maximum absolute atomic E-state index is 13.2. The normalized spacial score (nSPS) is 19.3. The number of likely N-dealkylation sites (N-methyl/N-ethyl adjacent to an activating group) is 1. The minimum absolute atomic E-state index is 0.0763. The van der Waals surface area contributed by atoms with Crippen LogP contribution in [0.4, 0.5) is 0 Å². The van der Waals surface area contributed by atoms with Crippen molar-refractivity contribution in [2.45, 2.75) is 37.5 Å². The number of halogens is 1. The molecule has 208 valence electrons. The summed E-state index contributed by atoms with van der Waals surface area (Å²) in [7, 11) is 2.06. The highest BCUT2D eigenvalue weighted by Gasteiger charge is 2.35. The fourth-order valence-electron chi connectivity index (χ4n) is 5.35. The zero-order valence-corrected chi connectivity index (χ0v) is 22.9. The monoisotopic (exact) mass is 563 g/mol. The first-order valence-corrected chi connectivity index (χ1v) is 13.7. The van der Waals surface area contributed by atoms with Gasteiger partial charge in [0.25, 0.3) is 11.5 Å². The Hall–Kier alpha value is -3.80. The largest absolute Gasteiger partial charge is 0.473 e. The average molecular weight is 564 g/mol. The van der Waals surface area contributed by atoms with E-state index < -0.39 is 5.60 Å². The van der Waals surface area contributed by atoms with Gasteiger partial charge < -0.3 is 19.6 Å². The molecule has 12 heteroatoms. The summed E-state index contributed by atoms with van der Waals surface area (Å²) in [6.45, 7) is 2.66. The van der Waals surface area contributed by atoms with Gasteiger partial charge in [0.1, 0.15) is 17.8 Å². The Morgan fingerprint density at radius 3 is 2.55 bits per heavy atom. The molecule has 6 rings (SSSR count). The highest BCUT2D eigenvalue weighted by molar-refractivity contribution is 6.30. The molecule has 0 saturated carbocycles. The lowest BCUT2D eigenvalue weighted by Gasteiger charge is -2.38. The van der Waals surface area contributed by atoms with Crippen LogP contribution in [0.15, 0.2) is 59.9 Å². The van der Waals surface area contributed by atoms with Gasteiger partial charge in [0, 0.05) is 43.5 Å². The summed E-state index contributed by atoms with van der Waals surface area (Å²) in [5, 5.41) is 16.6. The van der Waals surface area contributed by atoms with Gasteiger partial charge in [0.2, 0.25) is 5.88 Å². The van der Waals surface area contributed by atoms with E-state index in [2.05, 4.69) is 27.0 Å². The van der Waals surface area contributed by atoms with Gasteiger partial charge >= 0.3 is 0 Å². The number of carbonyl (C=O) groups is 1. The molecule has 2 saturated heterocycles. The number of ether oxygens (including phenoxy) is 1. The first-order chi connectivity index (χ1) is 19.3. The fraction of sp³-hybridized carbons (Fsp3) is 0.393. The number of hydrogen-bond donors (Lipinski definition) is 1. The lowest BCUT2D eigenvalue weighted by Crippen LogP contribution is -2.49. The molecule has 1 aromatic carbocycles. The number of carbonyl (C=O) groups excluding carboxylic acids is 1. The van der Waals surface area contributed by atoms with Crippen molar-refractivity contribution in [2.75, 3.05) is 33.2 Å². The number of rotatable bonds is 6. The molecular formula is C28H30ClN7O4. The van der Waals surface area contributed by atoms with Gasteiger partial charge in [0.05, 0.1) is 29.6 Å². The second kappa shape index (κ2) is 10.6. The summed E-state index contributed by atoms with van der Waals surface area (Å²) in [5.74, 6) is 0.371. The van der Waals surface area contributed by atoms with Crippen LogP contribution in [0.1, 0.15) is 29.6 Å². The smallest absolute Gasteiger partial charge is 0.264 e. The van der Waals surface area contributed by atoms with Crippen LogP contribution in [-0.4, -0.2) is 90.1 Å². The number of fused-ring (bicyclic) bond motifs is 1. The zero-order chi connectivity index (χ0) is 27.9. The van der Waals surface area contributed by atoms with Crippen LogP contribution in [0.5, 0.6) is 5.88 Å². The molecule has 1 unspecified atom stereocenters. The molecule has 0 aliphatic carbocycles. The number of nitrogens with zero attached hydrogens (tertiary/aromatic N) is 7. The Labute approximate surface area is 235 Å². The maximum atomic E-state index is 13.2. The van der Waals surface area contributed by atoms with E-state index in [4.69, 9.17) is 16.3 Å². The fourth-order valence-corrected chi connectivity index (χ4v) is 5.48. The van der Waals surface area contributed by atoms with E-state index in [9.17, 15) is 14.7 Å². The quantitative estimate of drug-likeness (QED) is 0.380. The third-order valence-electron chi connectivity index (χ3n) is 7.69. The molecule has 2 aliphatic heterocycles. The summed E-state index contributed by atoms with van der Waals surface area (Å²) in [6.07, 6.45) is 6.20. The molecule has 0 bridgehead atoms. The van der Waals surface area contributed by atoms with Gasteiger partial charge in [-0.15, -0.1) is 0 Å². The summed E-state index contributed by atoms with van der Waals surface area (Å²) in [6, 6.07) is 10.6.